The van der Waals surface area contributed by atoms with Crippen molar-refractivity contribution in [2.24, 2.45) is 0 Å². The second-order valence-corrected chi connectivity index (χ2v) is 4.08. The highest BCUT2D eigenvalue weighted by molar-refractivity contribution is 7.98. The molecule has 1 aromatic heterocycles. The molecule has 2 rings (SSSR count). The van der Waals surface area contributed by atoms with Crippen LogP contribution in [0.1, 0.15) is 5.76 Å². The topological polar surface area (TPSA) is 25.7 Å². The molecule has 12 heavy (non-hydrogen) atoms. The third kappa shape index (κ3) is 2.44. The Bertz CT molecular complexity index is 257. The van der Waals surface area contributed by atoms with Gasteiger partial charge < -0.3 is 9.15 Å². The molecule has 0 unspecified atom stereocenters. The summed E-state index contributed by atoms with van der Waals surface area (Å²) in [6, 6.07) is 3.67. The zero-order chi connectivity index (χ0) is 8.39. The summed E-state index contributed by atoms with van der Waals surface area (Å²) in [5.74, 6) is 2.87. The molecule has 1 saturated heterocycles. The van der Waals surface area contributed by atoms with E-state index in [1.165, 1.54) is 0 Å². The summed E-state index contributed by atoms with van der Waals surface area (Å²) in [5, 5.41) is 0.466. The lowest BCUT2D eigenvalue weighted by Gasteiger charge is -1.94. The van der Waals surface area contributed by atoms with Crippen LogP contribution in [0.3, 0.4) is 0 Å². The van der Waals surface area contributed by atoms with E-state index in [-0.39, 0.29) is 0 Å². The van der Waals surface area contributed by atoms with Crippen LogP contribution in [0.4, 0.5) is 0 Å². The summed E-state index contributed by atoms with van der Waals surface area (Å²) in [5.41, 5.74) is 0. The van der Waals surface area contributed by atoms with Crippen molar-refractivity contribution in [3.63, 3.8) is 0 Å². The molecule has 2 heterocycles. The van der Waals surface area contributed by atoms with Crippen molar-refractivity contribution in [1.82, 2.24) is 0 Å². The highest BCUT2D eigenvalue weighted by atomic mass is 35.5. The van der Waals surface area contributed by atoms with Crippen LogP contribution in [-0.2, 0) is 10.5 Å². The Balaban J connectivity index is 1.71. The van der Waals surface area contributed by atoms with Crippen LogP contribution in [0.15, 0.2) is 16.5 Å². The maximum Gasteiger partial charge on any atom is 0.193 e. The molecule has 0 saturated carbocycles. The summed E-state index contributed by atoms with van der Waals surface area (Å²) in [4.78, 5) is 0. The molecule has 0 aromatic carbocycles. The van der Waals surface area contributed by atoms with E-state index >= 15 is 0 Å². The second kappa shape index (κ2) is 3.73. The maximum absolute atomic E-state index is 5.61. The summed E-state index contributed by atoms with van der Waals surface area (Å²) in [6.07, 6.45) is 0.487. The van der Waals surface area contributed by atoms with Crippen LogP contribution >= 0.6 is 23.4 Å². The standard InChI is InChI=1S/C8H9ClO2S/c9-8-2-1-6(11-8)4-12-5-7-3-10-7/h1-2,7H,3-5H2/t7-/m1/s1. The summed E-state index contributed by atoms with van der Waals surface area (Å²) in [6.45, 7) is 0.923. The highest BCUT2D eigenvalue weighted by Gasteiger charge is 2.21. The highest BCUT2D eigenvalue weighted by Crippen LogP contribution is 2.22. The summed E-state index contributed by atoms with van der Waals surface area (Å²) in [7, 11) is 0. The monoisotopic (exact) mass is 204 g/mol. The minimum atomic E-state index is 0.466. The number of furan rings is 1. The molecule has 4 heteroatoms. The van der Waals surface area contributed by atoms with Gasteiger partial charge in [-0.2, -0.15) is 11.8 Å². The Morgan fingerprint density at radius 2 is 2.42 bits per heavy atom. The van der Waals surface area contributed by atoms with Crippen molar-refractivity contribution >= 4 is 23.4 Å². The predicted molar refractivity (Wildman–Crippen MR) is 49.6 cm³/mol. The third-order valence-electron chi connectivity index (χ3n) is 1.58. The molecular weight excluding hydrogens is 196 g/mol. The molecule has 1 aliphatic rings. The van der Waals surface area contributed by atoms with Gasteiger partial charge in [-0.3, -0.25) is 0 Å². The first kappa shape index (κ1) is 8.48. The van der Waals surface area contributed by atoms with Gasteiger partial charge in [-0.25, -0.2) is 0 Å². The van der Waals surface area contributed by atoms with Gasteiger partial charge in [0.05, 0.1) is 18.5 Å². The fraction of sp³-hybridized carbons (Fsp3) is 0.500. The SMILES string of the molecule is Clc1ccc(CSC[C@H]2CO2)o1. The average molecular weight is 205 g/mol. The van der Waals surface area contributed by atoms with Crippen molar-refractivity contribution in [1.29, 1.82) is 0 Å². The lowest BCUT2D eigenvalue weighted by molar-refractivity contribution is 0.426. The van der Waals surface area contributed by atoms with Crippen molar-refractivity contribution in [2.45, 2.75) is 11.9 Å². The van der Waals surface area contributed by atoms with Crippen LogP contribution in [0.2, 0.25) is 5.22 Å². The van der Waals surface area contributed by atoms with Crippen LogP contribution in [0, 0.1) is 0 Å². The largest absolute Gasteiger partial charge is 0.449 e. The first-order chi connectivity index (χ1) is 5.84. The van der Waals surface area contributed by atoms with Gasteiger partial charge in [0.2, 0.25) is 0 Å². The third-order valence-corrected chi connectivity index (χ3v) is 2.88. The van der Waals surface area contributed by atoms with Gasteiger partial charge in [-0.1, -0.05) is 0 Å². The van der Waals surface area contributed by atoms with E-state index in [1.807, 2.05) is 17.8 Å². The Kier molecular flexibility index (Phi) is 2.63. The molecular formula is C8H9ClO2S. The molecule has 66 valence electrons. The number of hydrogen-bond acceptors (Lipinski definition) is 3. The normalized spacial score (nSPS) is 21.2. The van der Waals surface area contributed by atoms with Crippen LogP contribution in [0.25, 0.3) is 0 Å². The van der Waals surface area contributed by atoms with Crippen LogP contribution in [-0.4, -0.2) is 18.5 Å². The minimum Gasteiger partial charge on any atom is -0.449 e. The zero-order valence-corrected chi connectivity index (χ0v) is 8.03. The molecule has 2 nitrogen and oxygen atoms in total. The number of thioether (sulfide) groups is 1. The number of rotatable bonds is 4. The van der Waals surface area contributed by atoms with Crippen molar-refractivity contribution in [2.75, 3.05) is 12.4 Å². The van der Waals surface area contributed by atoms with Gasteiger partial charge in [0, 0.05) is 5.75 Å². The lowest BCUT2D eigenvalue weighted by atomic mass is 10.5. The Morgan fingerprint density at radius 1 is 1.58 bits per heavy atom. The van der Waals surface area contributed by atoms with Gasteiger partial charge in [-0.05, 0) is 23.7 Å². The minimum absolute atomic E-state index is 0.466. The lowest BCUT2D eigenvalue weighted by Crippen LogP contribution is -1.88. The van der Waals surface area contributed by atoms with E-state index in [1.54, 1.807) is 6.07 Å². The number of epoxide rings is 1. The van der Waals surface area contributed by atoms with Gasteiger partial charge in [0.25, 0.3) is 0 Å². The summed E-state index contributed by atoms with van der Waals surface area (Å²) < 4.78 is 10.3. The molecule has 0 spiro atoms. The van der Waals surface area contributed by atoms with Gasteiger partial charge in [-0.15, -0.1) is 0 Å². The first-order valence-electron chi connectivity index (χ1n) is 3.78. The molecule has 1 aromatic rings. The zero-order valence-electron chi connectivity index (χ0n) is 6.46. The van der Waals surface area contributed by atoms with Gasteiger partial charge in [0.15, 0.2) is 5.22 Å². The van der Waals surface area contributed by atoms with Crippen molar-refractivity contribution < 1.29 is 9.15 Å². The van der Waals surface area contributed by atoms with Gasteiger partial charge in [0.1, 0.15) is 5.76 Å². The average Bonchev–Trinajstić information content (AvgIpc) is 2.76. The molecule has 0 bridgehead atoms. The molecule has 0 aliphatic carbocycles. The van der Waals surface area contributed by atoms with E-state index in [0.717, 1.165) is 23.9 Å². The molecule has 0 radical (unpaired) electrons. The number of halogens is 1. The van der Waals surface area contributed by atoms with Crippen molar-refractivity contribution in [3.05, 3.63) is 23.1 Å². The Hall–Kier alpha value is -0.120. The fourth-order valence-electron chi connectivity index (χ4n) is 0.885. The van der Waals surface area contributed by atoms with Crippen LogP contribution < -0.4 is 0 Å². The van der Waals surface area contributed by atoms with E-state index in [0.29, 0.717) is 11.3 Å². The first-order valence-corrected chi connectivity index (χ1v) is 5.31. The Labute approximate surface area is 80.2 Å². The Morgan fingerprint density at radius 3 is 3.00 bits per heavy atom. The fourth-order valence-corrected chi connectivity index (χ4v) is 1.98. The van der Waals surface area contributed by atoms with E-state index < -0.39 is 0 Å². The molecule has 1 atom stereocenters. The van der Waals surface area contributed by atoms with Crippen LogP contribution in [0.5, 0.6) is 0 Å². The molecule has 1 aliphatic heterocycles. The maximum atomic E-state index is 5.61. The van der Waals surface area contributed by atoms with Gasteiger partial charge >= 0.3 is 0 Å². The van der Waals surface area contributed by atoms with E-state index in [9.17, 15) is 0 Å². The van der Waals surface area contributed by atoms with E-state index in [2.05, 4.69) is 0 Å². The number of hydrogen-bond donors (Lipinski definition) is 0. The number of ether oxygens (including phenoxy) is 1. The van der Waals surface area contributed by atoms with E-state index in [4.69, 9.17) is 20.8 Å². The molecule has 0 amide bonds. The smallest absolute Gasteiger partial charge is 0.193 e. The molecule has 0 N–H and O–H groups in total. The summed E-state index contributed by atoms with van der Waals surface area (Å²) >= 11 is 7.43. The molecule has 1 fully saturated rings. The quantitative estimate of drug-likeness (QED) is 0.705. The predicted octanol–water partition coefficient (Wildman–Crippen LogP) is 2.57. The second-order valence-electron chi connectivity index (χ2n) is 2.68. The van der Waals surface area contributed by atoms with Crippen molar-refractivity contribution in [3.8, 4) is 0 Å².